The molecule has 0 unspecified atom stereocenters. The van der Waals surface area contributed by atoms with Crippen LogP contribution in [0.15, 0.2) is 54.6 Å². The van der Waals surface area contributed by atoms with Gasteiger partial charge in [0.15, 0.2) is 0 Å². The molecule has 0 saturated carbocycles. The Morgan fingerprint density at radius 3 is 2.05 bits per heavy atom. The minimum Gasteiger partial charge on any atom is -0.253 e. The smallest absolute Gasteiger partial charge is 0.0714 e. The van der Waals surface area contributed by atoms with Crippen LogP contribution in [0.25, 0.3) is 22.0 Å². The zero-order valence-corrected chi connectivity index (χ0v) is 14.6. The third kappa shape index (κ3) is 4.17. The normalized spacial score (nSPS) is 9.36. The topological polar surface area (TPSA) is 12.9 Å². The summed E-state index contributed by atoms with van der Waals surface area (Å²) in [6, 6.07) is 19.1. The van der Waals surface area contributed by atoms with Gasteiger partial charge in [0.05, 0.1) is 5.69 Å². The molecule has 0 amide bonds. The van der Waals surface area contributed by atoms with Crippen LogP contribution in [0.4, 0.5) is 0 Å². The third-order valence-corrected chi connectivity index (χ3v) is 3.16. The van der Waals surface area contributed by atoms with Gasteiger partial charge in [0.25, 0.3) is 0 Å². The van der Waals surface area contributed by atoms with Gasteiger partial charge in [0, 0.05) is 11.3 Å². The molecule has 3 aromatic rings. The Kier molecular flexibility index (Phi) is 7.31. The highest BCUT2D eigenvalue weighted by molar-refractivity contribution is 5.95. The van der Waals surface area contributed by atoms with Crippen molar-refractivity contribution < 1.29 is 0 Å². The number of aromatic nitrogens is 1. The van der Waals surface area contributed by atoms with E-state index in [2.05, 4.69) is 66.5 Å². The molecule has 0 atom stereocenters. The standard InChI is InChI=1S/C17H15N.2C2H6/c1-12-10-13(2)18-17(11-12)16-9-5-7-14-6-3-4-8-15(14)16;2*1-2/h3-11H,1-2H3;2*1-2H3. The lowest BCUT2D eigenvalue weighted by Crippen LogP contribution is -1.89. The molecule has 116 valence electrons. The quantitative estimate of drug-likeness (QED) is 0.494. The Morgan fingerprint density at radius 1 is 0.727 bits per heavy atom. The van der Waals surface area contributed by atoms with Crippen molar-refractivity contribution in [3.8, 4) is 11.3 Å². The SMILES string of the molecule is CC.CC.Cc1cc(C)nc(-c2cccc3ccccc23)c1. The van der Waals surface area contributed by atoms with Crippen molar-refractivity contribution in [1.82, 2.24) is 4.98 Å². The Hall–Kier alpha value is -2.15. The number of nitrogens with zero attached hydrogens (tertiary/aromatic N) is 1. The Bertz CT molecular complexity index is 688. The summed E-state index contributed by atoms with van der Waals surface area (Å²) in [5.41, 5.74) is 4.59. The highest BCUT2D eigenvalue weighted by Gasteiger charge is 2.05. The zero-order chi connectivity index (χ0) is 16.5. The monoisotopic (exact) mass is 293 g/mol. The van der Waals surface area contributed by atoms with Gasteiger partial charge in [-0.05, 0) is 42.3 Å². The Balaban J connectivity index is 0.000000561. The van der Waals surface area contributed by atoms with E-state index < -0.39 is 0 Å². The van der Waals surface area contributed by atoms with Crippen LogP contribution in [0, 0.1) is 13.8 Å². The van der Waals surface area contributed by atoms with Gasteiger partial charge in [-0.1, -0.05) is 70.2 Å². The average Bonchev–Trinajstić information content (AvgIpc) is 2.57. The number of benzene rings is 2. The minimum atomic E-state index is 1.06. The van der Waals surface area contributed by atoms with Crippen molar-refractivity contribution in [1.29, 1.82) is 0 Å². The first-order valence-corrected chi connectivity index (χ1v) is 8.17. The fourth-order valence-electron chi connectivity index (χ4n) is 2.43. The maximum absolute atomic E-state index is 4.65. The van der Waals surface area contributed by atoms with Crippen LogP contribution in [0.3, 0.4) is 0 Å². The maximum atomic E-state index is 4.65. The van der Waals surface area contributed by atoms with Gasteiger partial charge in [0.2, 0.25) is 0 Å². The number of fused-ring (bicyclic) bond motifs is 1. The molecule has 0 aliphatic heterocycles. The second kappa shape index (κ2) is 8.99. The van der Waals surface area contributed by atoms with E-state index in [1.807, 2.05) is 34.6 Å². The average molecular weight is 293 g/mol. The molecule has 0 bridgehead atoms. The van der Waals surface area contributed by atoms with Crippen LogP contribution < -0.4 is 0 Å². The summed E-state index contributed by atoms with van der Waals surface area (Å²) in [4.78, 5) is 4.65. The number of aryl methyl sites for hydroxylation is 2. The molecule has 22 heavy (non-hydrogen) atoms. The van der Waals surface area contributed by atoms with E-state index in [-0.39, 0.29) is 0 Å². The first-order chi connectivity index (χ1) is 10.7. The molecule has 1 aromatic heterocycles. The predicted octanol–water partition coefficient (Wildman–Crippen LogP) is 6.57. The summed E-state index contributed by atoms with van der Waals surface area (Å²) in [5.74, 6) is 0. The molecule has 0 fully saturated rings. The molecule has 1 nitrogen and oxygen atoms in total. The molecule has 0 spiro atoms. The van der Waals surface area contributed by atoms with E-state index in [0.29, 0.717) is 0 Å². The number of hydrogen-bond donors (Lipinski definition) is 0. The molecule has 0 aliphatic rings. The predicted molar refractivity (Wildman–Crippen MR) is 99.3 cm³/mol. The summed E-state index contributed by atoms with van der Waals surface area (Å²) in [6.45, 7) is 12.2. The van der Waals surface area contributed by atoms with E-state index >= 15 is 0 Å². The molecule has 1 heteroatoms. The molecule has 2 aromatic carbocycles. The largest absolute Gasteiger partial charge is 0.253 e. The van der Waals surface area contributed by atoms with Crippen molar-refractivity contribution in [2.75, 3.05) is 0 Å². The highest BCUT2D eigenvalue weighted by Crippen LogP contribution is 2.27. The van der Waals surface area contributed by atoms with Crippen molar-refractivity contribution in [2.24, 2.45) is 0 Å². The van der Waals surface area contributed by atoms with Gasteiger partial charge in [-0.3, -0.25) is 4.98 Å². The summed E-state index contributed by atoms with van der Waals surface area (Å²) >= 11 is 0. The summed E-state index contributed by atoms with van der Waals surface area (Å²) in [7, 11) is 0. The lowest BCUT2D eigenvalue weighted by Gasteiger charge is -2.08. The molecule has 0 radical (unpaired) electrons. The molecule has 0 aliphatic carbocycles. The number of rotatable bonds is 1. The summed E-state index contributed by atoms with van der Waals surface area (Å²) < 4.78 is 0. The molecular formula is C21H27N. The second-order valence-electron chi connectivity index (χ2n) is 4.70. The first-order valence-electron chi connectivity index (χ1n) is 8.17. The molecular weight excluding hydrogens is 266 g/mol. The second-order valence-corrected chi connectivity index (χ2v) is 4.70. The van der Waals surface area contributed by atoms with E-state index in [1.165, 1.54) is 21.9 Å². The number of pyridine rings is 1. The van der Waals surface area contributed by atoms with Crippen LogP contribution in [0.2, 0.25) is 0 Å². The van der Waals surface area contributed by atoms with Crippen LogP contribution in [0.1, 0.15) is 39.0 Å². The van der Waals surface area contributed by atoms with Crippen molar-refractivity contribution in [3.63, 3.8) is 0 Å². The maximum Gasteiger partial charge on any atom is 0.0714 e. The molecule has 0 N–H and O–H groups in total. The van der Waals surface area contributed by atoms with Crippen LogP contribution in [-0.4, -0.2) is 4.98 Å². The van der Waals surface area contributed by atoms with E-state index in [4.69, 9.17) is 0 Å². The van der Waals surface area contributed by atoms with Crippen molar-refractivity contribution in [3.05, 3.63) is 65.9 Å². The summed E-state index contributed by atoms with van der Waals surface area (Å²) in [6.07, 6.45) is 0. The van der Waals surface area contributed by atoms with Crippen LogP contribution >= 0.6 is 0 Å². The van der Waals surface area contributed by atoms with Crippen LogP contribution in [0.5, 0.6) is 0 Å². The van der Waals surface area contributed by atoms with Gasteiger partial charge in [0.1, 0.15) is 0 Å². The highest BCUT2D eigenvalue weighted by atomic mass is 14.7. The van der Waals surface area contributed by atoms with Crippen LogP contribution in [-0.2, 0) is 0 Å². The molecule has 1 heterocycles. The van der Waals surface area contributed by atoms with E-state index in [1.54, 1.807) is 0 Å². The van der Waals surface area contributed by atoms with Gasteiger partial charge in [-0.2, -0.15) is 0 Å². The summed E-state index contributed by atoms with van der Waals surface area (Å²) in [5, 5.41) is 2.52. The van der Waals surface area contributed by atoms with Gasteiger partial charge in [-0.15, -0.1) is 0 Å². The number of hydrogen-bond acceptors (Lipinski definition) is 1. The van der Waals surface area contributed by atoms with Crippen molar-refractivity contribution >= 4 is 10.8 Å². The Morgan fingerprint density at radius 2 is 1.36 bits per heavy atom. The van der Waals surface area contributed by atoms with E-state index in [0.717, 1.165) is 11.4 Å². The Labute approximate surface area is 135 Å². The van der Waals surface area contributed by atoms with Gasteiger partial charge < -0.3 is 0 Å². The van der Waals surface area contributed by atoms with Crippen molar-refractivity contribution in [2.45, 2.75) is 41.5 Å². The first kappa shape index (κ1) is 17.9. The fourth-order valence-corrected chi connectivity index (χ4v) is 2.43. The zero-order valence-electron chi connectivity index (χ0n) is 14.6. The van der Waals surface area contributed by atoms with Gasteiger partial charge >= 0.3 is 0 Å². The molecule has 3 rings (SSSR count). The van der Waals surface area contributed by atoms with Gasteiger partial charge in [-0.25, -0.2) is 0 Å². The fraction of sp³-hybridized carbons (Fsp3) is 0.286. The minimum absolute atomic E-state index is 1.06. The van der Waals surface area contributed by atoms with E-state index in [9.17, 15) is 0 Å². The third-order valence-electron chi connectivity index (χ3n) is 3.16. The lowest BCUT2D eigenvalue weighted by molar-refractivity contribution is 1.18. The lowest BCUT2D eigenvalue weighted by atomic mass is 10.0. The molecule has 0 saturated heterocycles.